The number of nitrogens with one attached hydrogen (secondary N) is 1. The van der Waals surface area contributed by atoms with Gasteiger partial charge in [-0.25, -0.2) is 9.78 Å². The van der Waals surface area contributed by atoms with Crippen molar-refractivity contribution in [2.24, 2.45) is 11.7 Å². The fourth-order valence-corrected chi connectivity index (χ4v) is 4.28. The van der Waals surface area contributed by atoms with E-state index in [1.165, 1.54) is 0 Å². The number of primary amides is 1. The van der Waals surface area contributed by atoms with Crippen LogP contribution in [-0.2, 0) is 4.79 Å². The van der Waals surface area contributed by atoms with Gasteiger partial charge in [-0.05, 0) is 49.1 Å². The maximum Gasteiger partial charge on any atom is 0.318 e. The standard InChI is InChI=1S/C22H24N4O3S/c1-12(2)18(19(27)25-21(23)29)30-22-24-16-10-6-5-9-15(16)20(28)26(22)17-11-7-8-13(3)14(17)4/h5-12,18H,1-4H3,(H3,23,25,27,29). The van der Waals surface area contributed by atoms with Gasteiger partial charge in [0.15, 0.2) is 5.16 Å². The van der Waals surface area contributed by atoms with E-state index in [2.05, 4.69) is 5.32 Å². The Morgan fingerprint density at radius 3 is 2.47 bits per heavy atom. The highest BCUT2D eigenvalue weighted by Gasteiger charge is 2.28. The molecule has 3 N–H and O–H groups in total. The zero-order chi connectivity index (χ0) is 22.0. The number of para-hydroxylation sites is 1. The summed E-state index contributed by atoms with van der Waals surface area (Å²) in [5.41, 5.74) is 8.15. The quantitative estimate of drug-likeness (QED) is 0.483. The van der Waals surface area contributed by atoms with Crippen molar-refractivity contribution >= 4 is 34.6 Å². The van der Waals surface area contributed by atoms with Crippen LogP contribution in [0.25, 0.3) is 16.6 Å². The Hall–Kier alpha value is -3.13. The van der Waals surface area contributed by atoms with Gasteiger partial charge in [0.25, 0.3) is 5.56 Å². The second-order valence-corrected chi connectivity index (χ2v) is 8.52. The molecule has 7 nitrogen and oxygen atoms in total. The molecule has 0 saturated heterocycles. The highest BCUT2D eigenvalue weighted by Crippen LogP contribution is 2.30. The van der Waals surface area contributed by atoms with Crippen molar-refractivity contribution < 1.29 is 9.59 Å². The van der Waals surface area contributed by atoms with Crippen molar-refractivity contribution in [2.75, 3.05) is 0 Å². The van der Waals surface area contributed by atoms with Gasteiger partial charge in [0.1, 0.15) is 0 Å². The molecule has 3 rings (SSSR count). The van der Waals surface area contributed by atoms with Crippen molar-refractivity contribution in [2.45, 2.75) is 38.1 Å². The van der Waals surface area contributed by atoms with Gasteiger partial charge in [0.2, 0.25) is 5.91 Å². The maximum absolute atomic E-state index is 13.4. The monoisotopic (exact) mass is 424 g/mol. The van der Waals surface area contributed by atoms with Crippen molar-refractivity contribution in [3.63, 3.8) is 0 Å². The second kappa shape index (κ2) is 8.71. The van der Waals surface area contributed by atoms with E-state index in [9.17, 15) is 14.4 Å². The molecule has 0 aliphatic carbocycles. The second-order valence-electron chi connectivity index (χ2n) is 7.41. The average Bonchev–Trinajstić information content (AvgIpc) is 2.68. The van der Waals surface area contributed by atoms with Crippen LogP contribution in [0.2, 0.25) is 0 Å². The van der Waals surface area contributed by atoms with Gasteiger partial charge >= 0.3 is 6.03 Å². The van der Waals surface area contributed by atoms with Crippen molar-refractivity contribution in [3.05, 3.63) is 63.9 Å². The number of fused-ring (bicyclic) bond motifs is 1. The third kappa shape index (κ3) is 4.23. The number of nitrogens with two attached hydrogens (primary N) is 1. The normalized spacial score (nSPS) is 12.2. The van der Waals surface area contributed by atoms with Crippen LogP contribution in [-0.4, -0.2) is 26.7 Å². The van der Waals surface area contributed by atoms with E-state index < -0.39 is 17.2 Å². The molecule has 0 aliphatic rings. The minimum atomic E-state index is -0.912. The number of hydrogen-bond acceptors (Lipinski definition) is 5. The van der Waals surface area contributed by atoms with Crippen LogP contribution in [0.1, 0.15) is 25.0 Å². The molecule has 30 heavy (non-hydrogen) atoms. The molecule has 1 atom stereocenters. The summed E-state index contributed by atoms with van der Waals surface area (Å²) in [7, 11) is 0. The molecular formula is C22H24N4O3S. The van der Waals surface area contributed by atoms with Crippen LogP contribution < -0.4 is 16.6 Å². The number of thioether (sulfide) groups is 1. The zero-order valence-electron chi connectivity index (χ0n) is 17.3. The van der Waals surface area contributed by atoms with E-state index >= 15 is 0 Å². The number of urea groups is 1. The molecule has 156 valence electrons. The number of carbonyl (C=O) groups is 2. The predicted octanol–water partition coefficient (Wildman–Crippen LogP) is 3.31. The van der Waals surface area contributed by atoms with Crippen LogP contribution in [0.4, 0.5) is 4.79 Å². The molecule has 1 unspecified atom stereocenters. The van der Waals surface area contributed by atoms with Gasteiger partial charge in [-0.1, -0.05) is 49.9 Å². The highest BCUT2D eigenvalue weighted by atomic mass is 32.2. The van der Waals surface area contributed by atoms with Gasteiger partial charge < -0.3 is 5.73 Å². The van der Waals surface area contributed by atoms with E-state index in [1.54, 1.807) is 22.8 Å². The SMILES string of the molecule is Cc1cccc(-n2c(SC(C(=O)NC(N)=O)C(C)C)nc3ccccc3c2=O)c1C. The molecule has 0 radical (unpaired) electrons. The topological polar surface area (TPSA) is 107 Å². The maximum atomic E-state index is 13.4. The molecule has 3 aromatic rings. The summed E-state index contributed by atoms with van der Waals surface area (Å²) in [4.78, 5) is 41.9. The number of aryl methyl sites for hydroxylation is 1. The van der Waals surface area contributed by atoms with Crippen LogP contribution >= 0.6 is 11.8 Å². The average molecular weight is 425 g/mol. The molecule has 0 fully saturated rings. The first-order valence-corrected chi connectivity index (χ1v) is 10.4. The molecule has 0 spiro atoms. The number of carbonyl (C=O) groups excluding carboxylic acids is 2. The summed E-state index contributed by atoms with van der Waals surface area (Å²) in [6.07, 6.45) is 0. The van der Waals surface area contributed by atoms with Crippen molar-refractivity contribution in [1.29, 1.82) is 0 Å². The van der Waals surface area contributed by atoms with E-state index in [-0.39, 0.29) is 11.5 Å². The number of amides is 3. The van der Waals surface area contributed by atoms with Gasteiger partial charge in [0.05, 0.1) is 21.8 Å². The molecule has 2 aromatic carbocycles. The van der Waals surface area contributed by atoms with Gasteiger partial charge in [-0.15, -0.1) is 0 Å². The van der Waals surface area contributed by atoms with E-state index in [0.29, 0.717) is 21.7 Å². The fourth-order valence-electron chi connectivity index (χ4n) is 3.18. The van der Waals surface area contributed by atoms with Gasteiger partial charge in [-0.3, -0.25) is 19.5 Å². The smallest absolute Gasteiger partial charge is 0.318 e. The molecule has 0 aliphatic heterocycles. The minimum absolute atomic E-state index is 0.134. The molecule has 0 bridgehead atoms. The fraction of sp³-hybridized carbons (Fsp3) is 0.273. The number of nitrogens with zero attached hydrogens (tertiary/aromatic N) is 2. The van der Waals surface area contributed by atoms with Crippen LogP contribution in [0.5, 0.6) is 0 Å². The lowest BCUT2D eigenvalue weighted by atomic mass is 10.1. The molecule has 1 aromatic heterocycles. The number of aromatic nitrogens is 2. The lowest BCUT2D eigenvalue weighted by Crippen LogP contribution is -2.42. The molecule has 8 heteroatoms. The lowest BCUT2D eigenvalue weighted by molar-refractivity contribution is -0.120. The van der Waals surface area contributed by atoms with Crippen molar-refractivity contribution in [1.82, 2.24) is 14.9 Å². The Morgan fingerprint density at radius 1 is 1.10 bits per heavy atom. The largest absolute Gasteiger partial charge is 0.351 e. The Balaban J connectivity index is 2.24. The first kappa shape index (κ1) is 21.6. The van der Waals surface area contributed by atoms with E-state index in [4.69, 9.17) is 10.7 Å². The summed E-state index contributed by atoms with van der Waals surface area (Å²) in [6, 6.07) is 11.9. The summed E-state index contributed by atoms with van der Waals surface area (Å²) < 4.78 is 1.54. The summed E-state index contributed by atoms with van der Waals surface area (Å²) in [5, 5.41) is 2.35. The number of benzene rings is 2. The highest BCUT2D eigenvalue weighted by molar-refractivity contribution is 8.00. The Bertz CT molecular complexity index is 1190. The van der Waals surface area contributed by atoms with Crippen LogP contribution in [0.3, 0.4) is 0 Å². The summed E-state index contributed by atoms with van der Waals surface area (Å²) >= 11 is 1.14. The molecule has 1 heterocycles. The van der Waals surface area contributed by atoms with Gasteiger partial charge in [-0.2, -0.15) is 0 Å². The molecular weight excluding hydrogens is 400 g/mol. The third-order valence-corrected chi connectivity index (χ3v) is 6.40. The number of rotatable bonds is 5. The minimum Gasteiger partial charge on any atom is -0.351 e. The summed E-state index contributed by atoms with van der Waals surface area (Å²) in [6.45, 7) is 7.64. The first-order chi connectivity index (χ1) is 14.2. The predicted molar refractivity (Wildman–Crippen MR) is 119 cm³/mol. The Labute approximate surface area is 178 Å². The van der Waals surface area contributed by atoms with Crippen LogP contribution in [0, 0.1) is 19.8 Å². The Kier molecular flexibility index (Phi) is 6.26. The van der Waals surface area contributed by atoms with E-state index in [0.717, 1.165) is 22.9 Å². The summed E-state index contributed by atoms with van der Waals surface area (Å²) in [5.74, 6) is -0.651. The van der Waals surface area contributed by atoms with E-state index in [1.807, 2.05) is 52.0 Å². The lowest BCUT2D eigenvalue weighted by Gasteiger charge is -2.21. The van der Waals surface area contributed by atoms with Crippen LogP contribution in [0.15, 0.2) is 52.4 Å². The number of hydrogen-bond donors (Lipinski definition) is 2. The number of imide groups is 1. The molecule has 3 amide bonds. The zero-order valence-corrected chi connectivity index (χ0v) is 18.1. The van der Waals surface area contributed by atoms with Crippen molar-refractivity contribution in [3.8, 4) is 5.69 Å². The third-order valence-electron chi connectivity index (χ3n) is 4.90. The Morgan fingerprint density at radius 2 is 1.80 bits per heavy atom. The molecule has 0 saturated carbocycles. The van der Waals surface area contributed by atoms with Gasteiger partial charge in [0, 0.05) is 0 Å². The first-order valence-electron chi connectivity index (χ1n) is 9.56.